The molecule has 2 unspecified atom stereocenters. The third kappa shape index (κ3) is 36.1. The number of aliphatic hydroxyl groups excluding tert-OH is 1. The average molecular weight is 749 g/mol. The van der Waals surface area contributed by atoms with Crippen molar-refractivity contribution in [3.63, 3.8) is 0 Å². The summed E-state index contributed by atoms with van der Waals surface area (Å²) in [6.45, 7) is 3.39. The van der Waals surface area contributed by atoms with Crippen LogP contribution in [0.15, 0.2) is 24.3 Å². The molecule has 0 aliphatic carbocycles. The number of nitrogens with one attached hydrogen (secondary N) is 2. The molecule has 0 bridgehead atoms. The van der Waals surface area contributed by atoms with E-state index < -0.39 is 24.5 Å². The van der Waals surface area contributed by atoms with Crippen LogP contribution >= 0.6 is 0 Å². The van der Waals surface area contributed by atoms with Crippen LogP contribution in [0.1, 0.15) is 206 Å². The van der Waals surface area contributed by atoms with Gasteiger partial charge in [-0.2, -0.15) is 0 Å². The van der Waals surface area contributed by atoms with Gasteiger partial charge in [-0.25, -0.2) is 4.79 Å². The summed E-state index contributed by atoms with van der Waals surface area (Å²) < 4.78 is 5.90. The van der Waals surface area contributed by atoms with Crippen molar-refractivity contribution in [1.82, 2.24) is 10.6 Å². The number of carbonyl (C=O) groups is 4. The highest BCUT2D eigenvalue weighted by molar-refractivity contribution is 5.87. The molecule has 0 spiro atoms. The number of carboxylic acids is 1. The van der Waals surface area contributed by atoms with Gasteiger partial charge in [0.15, 0.2) is 0 Å². The van der Waals surface area contributed by atoms with Gasteiger partial charge in [0.05, 0.1) is 13.2 Å². The second-order valence-corrected chi connectivity index (χ2v) is 14.8. The summed E-state index contributed by atoms with van der Waals surface area (Å²) in [6.07, 6.45) is 42.4. The lowest BCUT2D eigenvalue weighted by Crippen LogP contribution is -2.47. The van der Waals surface area contributed by atoms with E-state index in [0.29, 0.717) is 12.8 Å². The number of allylic oxidation sites excluding steroid dienone is 4. The lowest BCUT2D eigenvalue weighted by molar-refractivity contribution is -0.150. The van der Waals surface area contributed by atoms with Crippen LogP contribution in [-0.4, -0.2) is 59.3 Å². The number of rotatable bonds is 39. The maximum Gasteiger partial charge on any atom is 0.328 e. The molecule has 0 aromatic rings. The maximum absolute atomic E-state index is 12.6. The van der Waals surface area contributed by atoms with Crippen LogP contribution in [0, 0.1) is 0 Å². The van der Waals surface area contributed by atoms with E-state index in [0.717, 1.165) is 64.2 Å². The van der Waals surface area contributed by atoms with E-state index in [9.17, 15) is 19.2 Å². The molecule has 0 aliphatic heterocycles. The summed E-state index contributed by atoms with van der Waals surface area (Å²) in [4.78, 5) is 47.4. The molecule has 0 aromatic heterocycles. The molecular weight excluding hydrogens is 668 g/mol. The van der Waals surface area contributed by atoms with Crippen molar-refractivity contribution >= 4 is 23.8 Å². The van der Waals surface area contributed by atoms with Gasteiger partial charge in [-0.1, -0.05) is 147 Å². The Morgan fingerprint density at radius 1 is 0.566 bits per heavy atom. The summed E-state index contributed by atoms with van der Waals surface area (Å²) in [5, 5.41) is 22.5. The third-order valence-corrected chi connectivity index (χ3v) is 9.70. The van der Waals surface area contributed by atoms with Gasteiger partial charge >= 0.3 is 11.9 Å². The first kappa shape index (κ1) is 50.3. The Labute approximate surface area is 324 Å². The summed E-state index contributed by atoms with van der Waals surface area (Å²) in [6, 6.07) is -1.39. The first-order valence-corrected chi connectivity index (χ1v) is 21.7. The lowest BCUT2D eigenvalue weighted by Gasteiger charge is -2.18. The van der Waals surface area contributed by atoms with Gasteiger partial charge in [0.25, 0.3) is 0 Å². The topological polar surface area (TPSA) is 142 Å². The number of amides is 2. The Bertz CT molecular complexity index is 952. The van der Waals surface area contributed by atoms with Crippen molar-refractivity contribution in [2.45, 2.75) is 219 Å². The van der Waals surface area contributed by atoms with Gasteiger partial charge in [0.2, 0.25) is 11.8 Å². The van der Waals surface area contributed by atoms with E-state index in [2.05, 4.69) is 48.8 Å². The minimum atomic E-state index is -1.39. The molecule has 9 nitrogen and oxygen atoms in total. The quantitative estimate of drug-likeness (QED) is 0.0278. The van der Waals surface area contributed by atoms with Crippen molar-refractivity contribution in [1.29, 1.82) is 0 Å². The van der Waals surface area contributed by atoms with Crippen LogP contribution in [0.3, 0.4) is 0 Å². The van der Waals surface area contributed by atoms with Crippen molar-refractivity contribution < 1.29 is 34.1 Å². The predicted octanol–water partition coefficient (Wildman–Crippen LogP) is 10.4. The molecular formula is C44H80N2O7. The molecule has 0 aromatic carbocycles. The SMILES string of the molecule is CCCCCCC/C=C\C/C=C\CCCCCCCCCCCCCC(=O)OC(CCCCCC)CCCCCC(=O)NCC(=O)NC(CO)C(=O)O. The van der Waals surface area contributed by atoms with E-state index in [1.165, 1.54) is 109 Å². The fourth-order valence-electron chi connectivity index (χ4n) is 6.33. The van der Waals surface area contributed by atoms with Crippen LogP contribution < -0.4 is 10.6 Å². The van der Waals surface area contributed by atoms with Crippen LogP contribution in [0.25, 0.3) is 0 Å². The van der Waals surface area contributed by atoms with Crippen LogP contribution in [0.2, 0.25) is 0 Å². The molecule has 0 aliphatic rings. The molecule has 308 valence electrons. The Kier molecular flexibility index (Phi) is 37.1. The van der Waals surface area contributed by atoms with Crippen molar-refractivity contribution in [2.75, 3.05) is 13.2 Å². The number of ether oxygens (including phenoxy) is 1. The van der Waals surface area contributed by atoms with Crippen molar-refractivity contribution in [3.8, 4) is 0 Å². The first-order chi connectivity index (χ1) is 25.8. The molecule has 4 N–H and O–H groups in total. The number of carbonyl (C=O) groups excluding carboxylic acids is 3. The largest absolute Gasteiger partial charge is 0.480 e. The van der Waals surface area contributed by atoms with E-state index in [1.807, 2.05) is 0 Å². The summed E-state index contributed by atoms with van der Waals surface area (Å²) >= 11 is 0. The second-order valence-electron chi connectivity index (χ2n) is 14.8. The third-order valence-electron chi connectivity index (χ3n) is 9.70. The molecule has 0 radical (unpaired) electrons. The Morgan fingerprint density at radius 3 is 1.53 bits per heavy atom. The van der Waals surface area contributed by atoms with Gasteiger partial charge in [-0.3, -0.25) is 14.4 Å². The zero-order valence-corrected chi connectivity index (χ0v) is 34.0. The van der Waals surface area contributed by atoms with E-state index in [-0.39, 0.29) is 30.9 Å². The standard InChI is InChI=1S/C44H80N2O7/c1-3-5-7-9-10-11-12-13-14-15-16-17-18-19-20-21-22-23-24-25-26-27-32-36-43(50)53-39(33-29-8-6-4-2)34-30-28-31-35-41(48)45-37-42(49)46-40(38-47)44(51)52/h12-13,15-16,39-40,47H,3-11,14,17-38H2,1-2H3,(H,45,48)(H,46,49)(H,51,52)/b13-12-,16-15-. The monoisotopic (exact) mass is 749 g/mol. The second kappa shape index (κ2) is 39.0. The zero-order chi connectivity index (χ0) is 39.0. The van der Waals surface area contributed by atoms with Crippen molar-refractivity contribution in [2.24, 2.45) is 0 Å². The minimum absolute atomic E-state index is 0.0796. The van der Waals surface area contributed by atoms with Crippen LogP contribution in [-0.2, 0) is 23.9 Å². The smallest absolute Gasteiger partial charge is 0.328 e. The molecule has 0 saturated carbocycles. The van der Waals surface area contributed by atoms with Gasteiger partial charge in [-0.05, 0) is 70.6 Å². The normalized spacial score (nSPS) is 12.7. The molecule has 53 heavy (non-hydrogen) atoms. The van der Waals surface area contributed by atoms with E-state index >= 15 is 0 Å². The Morgan fingerprint density at radius 2 is 1.02 bits per heavy atom. The molecule has 2 amide bonds. The highest BCUT2D eigenvalue weighted by Crippen LogP contribution is 2.18. The highest BCUT2D eigenvalue weighted by Gasteiger charge is 2.19. The lowest BCUT2D eigenvalue weighted by atomic mass is 10.0. The zero-order valence-electron chi connectivity index (χ0n) is 34.0. The molecule has 0 rings (SSSR count). The minimum Gasteiger partial charge on any atom is -0.480 e. The van der Waals surface area contributed by atoms with E-state index in [4.69, 9.17) is 14.9 Å². The average Bonchev–Trinajstić information content (AvgIpc) is 3.14. The Balaban J connectivity index is 3.89. The summed E-state index contributed by atoms with van der Waals surface area (Å²) in [5.41, 5.74) is 0. The van der Waals surface area contributed by atoms with Gasteiger partial charge in [0, 0.05) is 12.8 Å². The maximum atomic E-state index is 12.6. The molecule has 0 heterocycles. The van der Waals surface area contributed by atoms with Crippen molar-refractivity contribution in [3.05, 3.63) is 24.3 Å². The van der Waals surface area contributed by atoms with Crippen LogP contribution in [0.4, 0.5) is 0 Å². The molecule has 0 saturated heterocycles. The number of unbranched alkanes of at least 4 members (excludes halogenated alkanes) is 21. The number of esters is 1. The molecule has 0 fully saturated rings. The fraction of sp³-hybridized carbons (Fsp3) is 0.818. The predicted molar refractivity (Wildman–Crippen MR) is 218 cm³/mol. The van der Waals surface area contributed by atoms with E-state index in [1.54, 1.807) is 0 Å². The van der Waals surface area contributed by atoms with Gasteiger partial charge in [0.1, 0.15) is 12.1 Å². The van der Waals surface area contributed by atoms with Gasteiger partial charge < -0.3 is 25.6 Å². The van der Waals surface area contributed by atoms with Gasteiger partial charge in [-0.15, -0.1) is 0 Å². The fourth-order valence-corrected chi connectivity index (χ4v) is 6.33. The number of hydrogen-bond donors (Lipinski definition) is 4. The number of carboxylic acid groups (broad SMARTS) is 1. The Hall–Kier alpha value is -2.68. The first-order valence-electron chi connectivity index (χ1n) is 21.7. The van der Waals surface area contributed by atoms with Crippen LogP contribution in [0.5, 0.6) is 0 Å². The number of aliphatic carboxylic acids is 1. The number of aliphatic hydroxyl groups is 1. The highest BCUT2D eigenvalue weighted by atomic mass is 16.5. The summed E-state index contributed by atoms with van der Waals surface area (Å²) in [5.74, 6) is -2.38. The number of hydrogen-bond acceptors (Lipinski definition) is 6. The molecule has 2 atom stereocenters. The summed E-state index contributed by atoms with van der Waals surface area (Å²) in [7, 11) is 0. The molecule has 9 heteroatoms.